The Morgan fingerprint density at radius 1 is 1.47 bits per heavy atom. The Morgan fingerprint density at radius 3 is 2.82 bits per heavy atom. The monoisotopic (exact) mass is 233 g/mol. The summed E-state index contributed by atoms with van der Waals surface area (Å²) in [6.45, 7) is 6.58. The fourth-order valence-electron chi connectivity index (χ4n) is 2.63. The predicted octanol–water partition coefficient (Wildman–Crippen LogP) is 2.11. The Balaban J connectivity index is 2.26. The molecular weight excluding hydrogens is 214 g/mol. The molecule has 1 fully saturated rings. The number of likely N-dealkylation sites (N-methyl/N-ethyl adjacent to an activating group) is 1. The molecule has 92 valence electrons. The Morgan fingerprint density at radius 2 is 2.24 bits per heavy atom. The number of carboxylic acids is 1. The molecule has 2 atom stereocenters. The number of benzene rings is 1. The first-order valence-corrected chi connectivity index (χ1v) is 6.13. The molecule has 1 N–H and O–H groups in total. The number of likely N-dealkylation sites (tertiary alicyclic amines) is 1. The summed E-state index contributed by atoms with van der Waals surface area (Å²) in [7, 11) is 0. The van der Waals surface area contributed by atoms with Crippen LogP contribution in [0.4, 0.5) is 0 Å². The van der Waals surface area contributed by atoms with Crippen LogP contribution in [0.1, 0.15) is 24.0 Å². The first-order valence-electron chi connectivity index (χ1n) is 6.13. The van der Waals surface area contributed by atoms with Crippen molar-refractivity contribution in [2.45, 2.75) is 19.8 Å². The van der Waals surface area contributed by atoms with Gasteiger partial charge in [-0.2, -0.15) is 0 Å². The zero-order valence-electron chi connectivity index (χ0n) is 10.4. The van der Waals surface area contributed by atoms with E-state index in [4.69, 9.17) is 0 Å². The lowest BCUT2D eigenvalue weighted by molar-refractivity contribution is -0.141. The summed E-state index contributed by atoms with van der Waals surface area (Å²) < 4.78 is 0. The smallest absolute Gasteiger partial charge is 0.308 e. The molecule has 1 saturated heterocycles. The fraction of sp³-hybridized carbons (Fsp3) is 0.500. The molecule has 0 aliphatic carbocycles. The van der Waals surface area contributed by atoms with Crippen molar-refractivity contribution < 1.29 is 9.90 Å². The number of nitrogens with zero attached hydrogens (tertiary/aromatic N) is 1. The maximum atomic E-state index is 11.3. The lowest BCUT2D eigenvalue weighted by Gasteiger charge is -2.15. The summed E-state index contributed by atoms with van der Waals surface area (Å²) in [4.78, 5) is 13.5. The van der Waals surface area contributed by atoms with Gasteiger partial charge in [-0.1, -0.05) is 36.8 Å². The van der Waals surface area contributed by atoms with Gasteiger partial charge in [0.15, 0.2) is 0 Å². The largest absolute Gasteiger partial charge is 0.481 e. The van der Waals surface area contributed by atoms with Crippen LogP contribution < -0.4 is 0 Å². The standard InChI is InChI=1S/C14H19NO2/c1-3-15-8-12(13(9-15)14(16)17)11-6-4-5-10(2)7-11/h4-7,12-13H,3,8-9H2,1-2H3,(H,16,17). The summed E-state index contributed by atoms with van der Waals surface area (Å²) in [6, 6.07) is 8.22. The normalized spacial score (nSPS) is 25.1. The van der Waals surface area contributed by atoms with Crippen LogP contribution in [0.2, 0.25) is 0 Å². The Hall–Kier alpha value is -1.35. The molecule has 0 bridgehead atoms. The molecule has 0 saturated carbocycles. The molecule has 3 nitrogen and oxygen atoms in total. The van der Waals surface area contributed by atoms with Gasteiger partial charge in [0.25, 0.3) is 0 Å². The van der Waals surface area contributed by atoms with Crippen LogP contribution >= 0.6 is 0 Å². The fourth-order valence-corrected chi connectivity index (χ4v) is 2.63. The van der Waals surface area contributed by atoms with Crippen molar-refractivity contribution in [1.82, 2.24) is 4.90 Å². The van der Waals surface area contributed by atoms with Crippen LogP contribution in [0.15, 0.2) is 24.3 Å². The van der Waals surface area contributed by atoms with E-state index in [-0.39, 0.29) is 11.8 Å². The van der Waals surface area contributed by atoms with Crippen molar-refractivity contribution in [1.29, 1.82) is 0 Å². The van der Waals surface area contributed by atoms with Gasteiger partial charge in [-0.25, -0.2) is 0 Å². The molecule has 1 aromatic carbocycles. The summed E-state index contributed by atoms with van der Waals surface area (Å²) in [5, 5.41) is 9.30. The average molecular weight is 233 g/mol. The highest BCUT2D eigenvalue weighted by Crippen LogP contribution is 2.32. The van der Waals surface area contributed by atoms with Gasteiger partial charge in [0.2, 0.25) is 0 Å². The highest BCUT2D eigenvalue weighted by Gasteiger charge is 2.37. The van der Waals surface area contributed by atoms with Crippen LogP contribution in [-0.2, 0) is 4.79 Å². The SMILES string of the molecule is CCN1CC(C(=O)O)C(c2cccc(C)c2)C1. The minimum absolute atomic E-state index is 0.132. The number of carboxylic acid groups (broad SMARTS) is 1. The van der Waals surface area contributed by atoms with Crippen molar-refractivity contribution in [3.05, 3.63) is 35.4 Å². The highest BCUT2D eigenvalue weighted by atomic mass is 16.4. The number of rotatable bonds is 3. The van der Waals surface area contributed by atoms with Gasteiger partial charge in [-0.05, 0) is 19.0 Å². The molecule has 1 heterocycles. The van der Waals surface area contributed by atoms with Crippen LogP contribution in [0.5, 0.6) is 0 Å². The van der Waals surface area contributed by atoms with Gasteiger partial charge in [-0.15, -0.1) is 0 Å². The molecule has 0 amide bonds. The van der Waals surface area contributed by atoms with E-state index >= 15 is 0 Å². The lowest BCUT2D eigenvalue weighted by atomic mass is 9.88. The van der Waals surface area contributed by atoms with E-state index in [0.29, 0.717) is 6.54 Å². The van der Waals surface area contributed by atoms with Gasteiger partial charge >= 0.3 is 5.97 Å². The minimum atomic E-state index is -0.674. The molecule has 1 aliphatic rings. The molecule has 0 spiro atoms. The molecule has 0 radical (unpaired) electrons. The predicted molar refractivity (Wildman–Crippen MR) is 67.2 cm³/mol. The second-order valence-corrected chi connectivity index (χ2v) is 4.82. The second kappa shape index (κ2) is 4.88. The summed E-state index contributed by atoms with van der Waals surface area (Å²) >= 11 is 0. The number of carbonyl (C=O) groups is 1. The number of aryl methyl sites for hydroxylation is 1. The summed E-state index contributed by atoms with van der Waals surface area (Å²) in [5.74, 6) is -0.809. The molecular formula is C14H19NO2. The van der Waals surface area contributed by atoms with Crippen LogP contribution in [0, 0.1) is 12.8 Å². The Bertz CT molecular complexity index is 416. The van der Waals surface area contributed by atoms with Crippen LogP contribution in [-0.4, -0.2) is 35.6 Å². The highest BCUT2D eigenvalue weighted by molar-refractivity contribution is 5.72. The summed E-state index contributed by atoms with van der Waals surface area (Å²) in [5.41, 5.74) is 2.36. The molecule has 2 unspecified atom stereocenters. The topological polar surface area (TPSA) is 40.5 Å². The molecule has 0 aromatic heterocycles. The third-order valence-electron chi connectivity index (χ3n) is 3.63. The van der Waals surface area contributed by atoms with Gasteiger partial charge in [0.05, 0.1) is 5.92 Å². The number of hydrogen-bond acceptors (Lipinski definition) is 2. The second-order valence-electron chi connectivity index (χ2n) is 4.82. The summed E-state index contributed by atoms with van der Waals surface area (Å²) in [6.07, 6.45) is 0. The maximum Gasteiger partial charge on any atom is 0.308 e. The van der Waals surface area contributed by atoms with Crippen molar-refractivity contribution >= 4 is 5.97 Å². The van der Waals surface area contributed by atoms with E-state index in [0.717, 1.165) is 18.7 Å². The maximum absolute atomic E-state index is 11.3. The average Bonchev–Trinajstić information content (AvgIpc) is 2.73. The van der Waals surface area contributed by atoms with Crippen LogP contribution in [0.3, 0.4) is 0 Å². The van der Waals surface area contributed by atoms with E-state index in [2.05, 4.69) is 17.9 Å². The molecule has 17 heavy (non-hydrogen) atoms. The third-order valence-corrected chi connectivity index (χ3v) is 3.63. The van der Waals surface area contributed by atoms with E-state index in [1.165, 1.54) is 5.56 Å². The van der Waals surface area contributed by atoms with Gasteiger partial charge in [-0.3, -0.25) is 4.79 Å². The van der Waals surface area contributed by atoms with E-state index in [9.17, 15) is 9.90 Å². The molecule has 1 aromatic rings. The van der Waals surface area contributed by atoms with Gasteiger partial charge in [0, 0.05) is 19.0 Å². The minimum Gasteiger partial charge on any atom is -0.481 e. The number of aliphatic carboxylic acids is 1. The van der Waals surface area contributed by atoms with Crippen LogP contribution in [0.25, 0.3) is 0 Å². The lowest BCUT2D eigenvalue weighted by Crippen LogP contribution is -2.23. The molecule has 1 aliphatic heterocycles. The first-order chi connectivity index (χ1) is 8.11. The Labute approximate surface area is 102 Å². The quantitative estimate of drug-likeness (QED) is 0.869. The van der Waals surface area contributed by atoms with Crippen molar-refractivity contribution in [2.24, 2.45) is 5.92 Å². The third kappa shape index (κ3) is 2.50. The van der Waals surface area contributed by atoms with E-state index in [1.807, 2.05) is 25.1 Å². The van der Waals surface area contributed by atoms with Crippen molar-refractivity contribution in [3.8, 4) is 0 Å². The molecule has 2 rings (SSSR count). The van der Waals surface area contributed by atoms with E-state index in [1.54, 1.807) is 0 Å². The van der Waals surface area contributed by atoms with Gasteiger partial charge in [0.1, 0.15) is 0 Å². The van der Waals surface area contributed by atoms with Gasteiger partial charge < -0.3 is 10.0 Å². The zero-order valence-corrected chi connectivity index (χ0v) is 10.4. The van der Waals surface area contributed by atoms with E-state index < -0.39 is 5.97 Å². The van der Waals surface area contributed by atoms with Crippen molar-refractivity contribution in [3.63, 3.8) is 0 Å². The zero-order chi connectivity index (χ0) is 12.4. The molecule has 3 heteroatoms. The Kier molecular flexibility index (Phi) is 3.48. The number of hydrogen-bond donors (Lipinski definition) is 1. The first kappa shape index (κ1) is 12.1. The van der Waals surface area contributed by atoms with Crippen molar-refractivity contribution in [2.75, 3.05) is 19.6 Å².